The fourth-order valence-electron chi connectivity index (χ4n) is 3.28. The normalized spacial score (nSPS) is 11.8. The molecule has 5 rings (SSSR count). The van der Waals surface area contributed by atoms with Gasteiger partial charge < -0.3 is 18.5 Å². The van der Waals surface area contributed by atoms with E-state index in [1.807, 2.05) is 41.7 Å². The zero-order chi connectivity index (χ0) is 16.3. The second-order valence-corrected chi connectivity index (χ2v) is 5.93. The van der Waals surface area contributed by atoms with Gasteiger partial charge in [0.1, 0.15) is 17.9 Å². The molecular formula is C18H15N5O. The van der Waals surface area contributed by atoms with Crippen molar-refractivity contribution in [1.29, 1.82) is 0 Å². The maximum Gasteiger partial charge on any atom is 0.160 e. The SMILES string of the molecule is Cn1ccnc1-c1cccc2c1[nH]c1c(-c3nccn3C)coc12. The van der Waals surface area contributed by atoms with Gasteiger partial charge in [-0.3, -0.25) is 0 Å². The molecule has 4 aromatic heterocycles. The summed E-state index contributed by atoms with van der Waals surface area (Å²) < 4.78 is 9.86. The van der Waals surface area contributed by atoms with Gasteiger partial charge in [0.25, 0.3) is 0 Å². The van der Waals surface area contributed by atoms with Gasteiger partial charge in [-0.05, 0) is 12.1 Å². The summed E-state index contributed by atoms with van der Waals surface area (Å²) in [4.78, 5) is 12.4. The number of hydrogen-bond acceptors (Lipinski definition) is 3. The zero-order valence-corrected chi connectivity index (χ0v) is 13.3. The minimum Gasteiger partial charge on any atom is -0.461 e. The van der Waals surface area contributed by atoms with Gasteiger partial charge in [0, 0.05) is 49.8 Å². The predicted octanol–water partition coefficient (Wildman–Crippen LogP) is 3.72. The summed E-state index contributed by atoms with van der Waals surface area (Å²) in [7, 11) is 3.97. The lowest BCUT2D eigenvalue weighted by Gasteiger charge is -2.03. The number of rotatable bonds is 2. The van der Waals surface area contributed by atoms with E-state index in [0.717, 1.165) is 44.8 Å². The Labute approximate surface area is 137 Å². The molecule has 0 spiro atoms. The van der Waals surface area contributed by atoms with Gasteiger partial charge in [-0.1, -0.05) is 6.07 Å². The van der Waals surface area contributed by atoms with Gasteiger partial charge in [-0.25, -0.2) is 9.97 Å². The molecule has 24 heavy (non-hydrogen) atoms. The summed E-state index contributed by atoms with van der Waals surface area (Å²) in [6.07, 6.45) is 9.23. The van der Waals surface area contributed by atoms with Gasteiger partial charge in [0.15, 0.2) is 5.58 Å². The highest BCUT2D eigenvalue weighted by atomic mass is 16.3. The van der Waals surface area contributed by atoms with Crippen molar-refractivity contribution in [2.45, 2.75) is 0 Å². The smallest absolute Gasteiger partial charge is 0.160 e. The van der Waals surface area contributed by atoms with Gasteiger partial charge in [0.2, 0.25) is 0 Å². The van der Waals surface area contributed by atoms with Crippen LogP contribution in [0.25, 0.3) is 44.8 Å². The fraction of sp³-hybridized carbons (Fsp3) is 0.111. The molecule has 0 radical (unpaired) electrons. The lowest BCUT2D eigenvalue weighted by Crippen LogP contribution is -1.92. The number of furan rings is 1. The molecule has 0 bridgehead atoms. The van der Waals surface area contributed by atoms with E-state index >= 15 is 0 Å². The summed E-state index contributed by atoms with van der Waals surface area (Å²) in [5.41, 5.74) is 4.84. The summed E-state index contributed by atoms with van der Waals surface area (Å²) in [6.45, 7) is 0. The molecule has 4 heterocycles. The first kappa shape index (κ1) is 13.2. The Bertz CT molecular complexity index is 1190. The van der Waals surface area contributed by atoms with Crippen molar-refractivity contribution in [2.24, 2.45) is 14.1 Å². The maximum atomic E-state index is 5.87. The molecule has 0 aliphatic rings. The van der Waals surface area contributed by atoms with Crippen molar-refractivity contribution in [2.75, 3.05) is 0 Å². The van der Waals surface area contributed by atoms with Crippen LogP contribution in [0.3, 0.4) is 0 Å². The van der Waals surface area contributed by atoms with Crippen LogP contribution >= 0.6 is 0 Å². The van der Waals surface area contributed by atoms with E-state index in [1.165, 1.54) is 0 Å². The monoisotopic (exact) mass is 317 g/mol. The fourth-order valence-corrected chi connectivity index (χ4v) is 3.28. The van der Waals surface area contributed by atoms with Crippen molar-refractivity contribution in [3.05, 3.63) is 49.2 Å². The maximum absolute atomic E-state index is 5.87. The number of aryl methyl sites for hydroxylation is 2. The second-order valence-electron chi connectivity index (χ2n) is 5.93. The zero-order valence-electron chi connectivity index (χ0n) is 13.3. The molecule has 0 aliphatic carbocycles. The van der Waals surface area contributed by atoms with E-state index in [4.69, 9.17) is 4.42 Å². The van der Waals surface area contributed by atoms with Crippen LogP contribution in [0.2, 0.25) is 0 Å². The number of para-hydroxylation sites is 1. The molecule has 1 aromatic carbocycles. The molecule has 6 heteroatoms. The molecule has 118 valence electrons. The van der Waals surface area contributed by atoms with Gasteiger partial charge in [0.05, 0.1) is 16.6 Å². The number of H-pyrrole nitrogens is 1. The molecule has 0 saturated heterocycles. The van der Waals surface area contributed by atoms with E-state index in [9.17, 15) is 0 Å². The van der Waals surface area contributed by atoms with Crippen LogP contribution < -0.4 is 0 Å². The highest BCUT2D eigenvalue weighted by Gasteiger charge is 2.19. The number of fused-ring (bicyclic) bond motifs is 3. The average Bonchev–Trinajstić information content (AvgIpc) is 3.31. The molecule has 0 atom stereocenters. The van der Waals surface area contributed by atoms with E-state index in [1.54, 1.807) is 18.7 Å². The Morgan fingerprint density at radius 3 is 2.29 bits per heavy atom. The minimum absolute atomic E-state index is 0.846. The molecular weight excluding hydrogens is 302 g/mol. The molecule has 0 saturated carbocycles. The number of benzene rings is 1. The van der Waals surface area contributed by atoms with Crippen LogP contribution in [0.15, 0.2) is 53.7 Å². The van der Waals surface area contributed by atoms with Gasteiger partial charge in [-0.15, -0.1) is 0 Å². The molecule has 1 N–H and O–H groups in total. The van der Waals surface area contributed by atoms with Crippen LogP contribution in [0.1, 0.15) is 0 Å². The first-order valence-corrected chi connectivity index (χ1v) is 7.71. The Morgan fingerprint density at radius 2 is 1.62 bits per heavy atom. The number of hydrogen-bond donors (Lipinski definition) is 1. The van der Waals surface area contributed by atoms with E-state index in [2.05, 4.69) is 27.1 Å². The first-order chi connectivity index (χ1) is 11.7. The summed E-state index contributed by atoms with van der Waals surface area (Å²) in [5.74, 6) is 1.79. The molecule has 0 aliphatic heterocycles. The van der Waals surface area contributed by atoms with Crippen LogP contribution in [-0.4, -0.2) is 24.1 Å². The van der Waals surface area contributed by atoms with Crippen LogP contribution in [0.5, 0.6) is 0 Å². The van der Waals surface area contributed by atoms with E-state index in [0.29, 0.717) is 0 Å². The van der Waals surface area contributed by atoms with Crippen LogP contribution in [0, 0.1) is 0 Å². The van der Waals surface area contributed by atoms with E-state index < -0.39 is 0 Å². The second kappa shape index (κ2) is 4.61. The number of nitrogens with zero attached hydrogens (tertiary/aromatic N) is 4. The van der Waals surface area contributed by atoms with Crippen molar-refractivity contribution < 1.29 is 4.42 Å². The van der Waals surface area contributed by atoms with Crippen molar-refractivity contribution in [1.82, 2.24) is 24.1 Å². The third kappa shape index (κ3) is 1.65. The highest BCUT2D eigenvalue weighted by molar-refractivity contribution is 6.12. The highest BCUT2D eigenvalue weighted by Crippen LogP contribution is 2.37. The summed E-state index contributed by atoms with van der Waals surface area (Å²) in [6, 6.07) is 6.16. The number of aromatic amines is 1. The Balaban J connectivity index is 1.84. The van der Waals surface area contributed by atoms with Crippen LogP contribution in [0.4, 0.5) is 0 Å². The average molecular weight is 317 g/mol. The molecule has 6 nitrogen and oxygen atoms in total. The summed E-state index contributed by atoms with van der Waals surface area (Å²) >= 11 is 0. The first-order valence-electron chi connectivity index (χ1n) is 7.71. The largest absolute Gasteiger partial charge is 0.461 e. The van der Waals surface area contributed by atoms with Crippen molar-refractivity contribution >= 4 is 22.0 Å². The Hall–Kier alpha value is -3.28. The minimum atomic E-state index is 0.846. The Morgan fingerprint density at radius 1 is 0.917 bits per heavy atom. The lowest BCUT2D eigenvalue weighted by molar-refractivity contribution is 0.619. The number of nitrogens with one attached hydrogen (secondary N) is 1. The molecule has 5 aromatic rings. The van der Waals surface area contributed by atoms with Crippen molar-refractivity contribution in [3.8, 4) is 22.8 Å². The number of aromatic nitrogens is 5. The topological polar surface area (TPSA) is 64.6 Å². The van der Waals surface area contributed by atoms with Gasteiger partial charge >= 0.3 is 0 Å². The van der Waals surface area contributed by atoms with Crippen molar-refractivity contribution in [3.63, 3.8) is 0 Å². The van der Waals surface area contributed by atoms with E-state index in [-0.39, 0.29) is 0 Å². The molecule has 0 fully saturated rings. The van der Waals surface area contributed by atoms with Gasteiger partial charge in [-0.2, -0.15) is 0 Å². The number of imidazole rings is 2. The standard InChI is InChI=1S/C18H15N5O/c1-22-8-6-19-17(22)12-5-3-4-11-14(12)21-15-13(10-24-16(11)15)18-20-7-9-23(18)2/h3-10,21H,1-2H3. The third-order valence-electron chi connectivity index (χ3n) is 4.47. The third-order valence-corrected chi connectivity index (χ3v) is 4.47. The quantitative estimate of drug-likeness (QED) is 0.540. The van der Waals surface area contributed by atoms with Crippen LogP contribution in [-0.2, 0) is 14.1 Å². The Kier molecular flexibility index (Phi) is 2.53. The molecule has 0 amide bonds. The molecule has 0 unspecified atom stereocenters. The lowest BCUT2D eigenvalue weighted by atomic mass is 10.1. The predicted molar refractivity (Wildman–Crippen MR) is 92.5 cm³/mol. The summed E-state index contributed by atoms with van der Waals surface area (Å²) in [5, 5.41) is 1.05.